The largest absolute Gasteiger partial charge is 0.370 e. The van der Waals surface area contributed by atoms with E-state index in [0.717, 1.165) is 17.7 Å². The van der Waals surface area contributed by atoms with Crippen LogP contribution in [0.1, 0.15) is 26.3 Å². The van der Waals surface area contributed by atoms with Gasteiger partial charge in [0.15, 0.2) is 5.96 Å². The lowest BCUT2D eigenvalue weighted by molar-refractivity contribution is -0.114. The van der Waals surface area contributed by atoms with Crippen molar-refractivity contribution < 1.29 is 4.79 Å². The molecule has 0 unspecified atom stereocenters. The zero-order chi connectivity index (χ0) is 14.3. The highest BCUT2D eigenvalue weighted by Gasteiger charge is 1.97. The van der Waals surface area contributed by atoms with E-state index in [1.54, 1.807) is 0 Å². The number of rotatable bonds is 5. The van der Waals surface area contributed by atoms with Gasteiger partial charge in [-0.15, -0.1) is 24.0 Å². The molecule has 0 atom stereocenters. The van der Waals surface area contributed by atoms with Crippen molar-refractivity contribution in [3.05, 3.63) is 29.8 Å². The molecule has 112 valence electrons. The standard InChI is InChI=1S/C14H22N4O.HI/c1-10(2)17-14(15)16-9-8-12-4-6-13(7-5-12)18-11(3)19;/h4-7,10H,8-9H2,1-3H3,(H,18,19)(H3,15,16,17);1H. The molecule has 0 bridgehead atoms. The zero-order valence-electron chi connectivity index (χ0n) is 12.1. The van der Waals surface area contributed by atoms with Gasteiger partial charge >= 0.3 is 0 Å². The number of anilines is 1. The van der Waals surface area contributed by atoms with Crippen molar-refractivity contribution in [2.45, 2.75) is 33.2 Å². The predicted octanol–water partition coefficient (Wildman–Crippen LogP) is 2.12. The van der Waals surface area contributed by atoms with Gasteiger partial charge in [-0.05, 0) is 38.0 Å². The summed E-state index contributed by atoms with van der Waals surface area (Å²) in [5.41, 5.74) is 7.68. The lowest BCUT2D eigenvalue weighted by Crippen LogP contribution is -2.36. The average Bonchev–Trinajstić information content (AvgIpc) is 2.29. The first kappa shape index (κ1) is 18.7. The summed E-state index contributed by atoms with van der Waals surface area (Å²) in [6.45, 7) is 6.17. The third-order valence-electron chi connectivity index (χ3n) is 2.39. The van der Waals surface area contributed by atoms with Gasteiger partial charge in [0.2, 0.25) is 5.91 Å². The fourth-order valence-corrected chi connectivity index (χ4v) is 1.60. The highest BCUT2D eigenvalue weighted by molar-refractivity contribution is 14.0. The smallest absolute Gasteiger partial charge is 0.221 e. The number of carbonyl (C=O) groups excluding carboxylic acids is 1. The third-order valence-corrected chi connectivity index (χ3v) is 2.39. The van der Waals surface area contributed by atoms with Gasteiger partial charge in [0.25, 0.3) is 0 Å². The zero-order valence-corrected chi connectivity index (χ0v) is 14.5. The number of nitrogens with two attached hydrogens (primary N) is 1. The van der Waals surface area contributed by atoms with E-state index in [1.165, 1.54) is 6.92 Å². The van der Waals surface area contributed by atoms with Gasteiger partial charge in [-0.25, -0.2) is 0 Å². The van der Waals surface area contributed by atoms with Crippen LogP contribution in [0, 0.1) is 0 Å². The summed E-state index contributed by atoms with van der Waals surface area (Å²) in [4.78, 5) is 15.1. The van der Waals surface area contributed by atoms with E-state index < -0.39 is 0 Å². The Morgan fingerprint density at radius 3 is 2.40 bits per heavy atom. The molecule has 0 saturated carbocycles. The van der Waals surface area contributed by atoms with Gasteiger partial charge in [0.1, 0.15) is 0 Å². The molecule has 4 N–H and O–H groups in total. The maximum Gasteiger partial charge on any atom is 0.221 e. The van der Waals surface area contributed by atoms with Crippen LogP contribution in [0.2, 0.25) is 0 Å². The maximum absolute atomic E-state index is 10.9. The number of guanidine groups is 1. The summed E-state index contributed by atoms with van der Waals surface area (Å²) in [6, 6.07) is 8.02. The Morgan fingerprint density at radius 2 is 1.90 bits per heavy atom. The van der Waals surface area contributed by atoms with E-state index in [1.807, 2.05) is 38.1 Å². The minimum Gasteiger partial charge on any atom is -0.370 e. The monoisotopic (exact) mass is 390 g/mol. The van der Waals surface area contributed by atoms with Crippen LogP contribution < -0.4 is 16.4 Å². The average molecular weight is 390 g/mol. The number of amides is 1. The molecule has 0 heterocycles. The first-order chi connectivity index (χ1) is 8.97. The summed E-state index contributed by atoms with van der Waals surface area (Å²) in [5, 5.41) is 5.77. The Bertz CT molecular complexity index is 443. The SMILES string of the molecule is CC(=O)Nc1ccc(CCN=C(N)NC(C)C)cc1.I. The topological polar surface area (TPSA) is 79.5 Å². The van der Waals surface area contributed by atoms with Crippen molar-refractivity contribution in [2.75, 3.05) is 11.9 Å². The van der Waals surface area contributed by atoms with E-state index in [9.17, 15) is 4.79 Å². The van der Waals surface area contributed by atoms with Crippen molar-refractivity contribution in [3.8, 4) is 0 Å². The molecule has 0 aliphatic carbocycles. The molecule has 1 aromatic carbocycles. The first-order valence-corrected chi connectivity index (χ1v) is 6.40. The Morgan fingerprint density at radius 1 is 1.30 bits per heavy atom. The van der Waals surface area contributed by atoms with Crippen molar-refractivity contribution >= 4 is 41.5 Å². The van der Waals surface area contributed by atoms with Crippen LogP contribution in [0.15, 0.2) is 29.3 Å². The molecule has 0 fully saturated rings. The minimum absolute atomic E-state index is 0. The first-order valence-electron chi connectivity index (χ1n) is 6.40. The predicted molar refractivity (Wildman–Crippen MR) is 94.6 cm³/mol. The second-order valence-corrected chi connectivity index (χ2v) is 4.69. The molecule has 5 nitrogen and oxygen atoms in total. The number of hydrogen-bond acceptors (Lipinski definition) is 2. The van der Waals surface area contributed by atoms with E-state index in [0.29, 0.717) is 18.5 Å². The highest BCUT2D eigenvalue weighted by atomic mass is 127. The Labute approximate surface area is 137 Å². The molecule has 0 saturated heterocycles. The molecular weight excluding hydrogens is 367 g/mol. The van der Waals surface area contributed by atoms with Gasteiger partial charge in [0, 0.05) is 25.2 Å². The molecule has 1 aromatic rings. The van der Waals surface area contributed by atoms with Gasteiger partial charge in [-0.3, -0.25) is 9.79 Å². The van der Waals surface area contributed by atoms with Gasteiger partial charge in [-0.1, -0.05) is 12.1 Å². The number of benzene rings is 1. The number of nitrogens with one attached hydrogen (secondary N) is 2. The second-order valence-electron chi connectivity index (χ2n) is 4.69. The van der Waals surface area contributed by atoms with Crippen LogP contribution in [0.25, 0.3) is 0 Å². The fourth-order valence-electron chi connectivity index (χ4n) is 1.60. The molecule has 0 aliphatic rings. The molecule has 0 aromatic heterocycles. The van der Waals surface area contributed by atoms with Crippen LogP contribution in [-0.4, -0.2) is 24.5 Å². The number of carbonyl (C=O) groups is 1. The number of aliphatic imine (C=N–C) groups is 1. The summed E-state index contributed by atoms with van der Waals surface area (Å²) in [5.74, 6) is 0.412. The molecular formula is C14H23IN4O. The Hall–Kier alpha value is -1.31. The molecule has 0 radical (unpaired) electrons. The lowest BCUT2D eigenvalue weighted by atomic mass is 10.1. The van der Waals surface area contributed by atoms with E-state index >= 15 is 0 Å². The van der Waals surface area contributed by atoms with Gasteiger partial charge in [-0.2, -0.15) is 0 Å². The van der Waals surface area contributed by atoms with Gasteiger partial charge < -0.3 is 16.4 Å². The molecule has 6 heteroatoms. The second kappa shape index (κ2) is 9.57. The van der Waals surface area contributed by atoms with Crippen molar-refractivity contribution in [1.82, 2.24) is 5.32 Å². The van der Waals surface area contributed by atoms with E-state index in [4.69, 9.17) is 5.73 Å². The quantitative estimate of drug-likeness (QED) is 0.409. The van der Waals surface area contributed by atoms with E-state index in [2.05, 4.69) is 15.6 Å². The Balaban J connectivity index is 0.00000361. The molecule has 0 spiro atoms. The van der Waals surface area contributed by atoms with Crippen molar-refractivity contribution in [2.24, 2.45) is 10.7 Å². The number of hydrogen-bond donors (Lipinski definition) is 3. The lowest BCUT2D eigenvalue weighted by Gasteiger charge is -2.08. The summed E-state index contributed by atoms with van der Waals surface area (Å²) < 4.78 is 0. The summed E-state index contributed by atoms with van der Waals surface area (Å²) >= 11 is 0. The van der Waals surface area contributed by atoms with Crippen LogP contribution in [0.4, 0.5) is 5.69 Å². The highest BCUT2D eigenvalue weighted by Crippen LogP contribution is 2.09. The molecule has 1 amide bonds. The normalized spacial score (nSPS) is 10.9. The van der Waals surface area contributed by atoms with E-state index in [-0.39, 0.29) is 29.9 Å². The minimum atomic E-state index is -0.0649. The molecule has 1 rings (SSSR count). The molecule has 20 heavy (non-hydrogen) atoms. The van der Waals surface area contributed by atoms with Crippen molar-refractivity contribution in [3.63, 3.8) is 0 Å². The summed E-state index contributed by atoms with van der Waals surface area (Å²) in [6.07, 6.45) is 0.820. The molecule has 0 aliphatic heterocycles. The van der Waals surface area contributed by atoms with Crippen LogP contribution in [-0.2, 0) is 11.2 Å². The van der Waals surface area contributed by atoms with Crippen LogP contribution >= 0.6 is 24.0 Å². The fraction of sp³-hybridized carbons (Fsp3) is 0.429. The summed E-state index contributed by atoms with van der Waals surface area (Å²) in [7, 11) is 0. The Kier molecular flexibility index (Phi) is 8.94. The van der Waals surface area contributed by atoms with Crippen molar-refractivity contribution in [1.29, 1.82) is 0 Å². The van der Waals surface area contributed by atoms with Crippen LogP contribution in [0.3, 0.4) is 0 Å². The number of halogens is 1. The van der Waals surface area contributed by atoms with Crippen LogP contribution in [0.5, 0.6) is 0 Å². The maximum atomic E-state index is 10.9. The number of nitrogens with zero attached hydrogens (tertiary/aromatic N) is 1. The third kappa shape index (κ3) is 7.98. The van der Waals surface area contributed by atoms with Gasteiger partial charge in [0.05, 0.1) is 0 Å².